The highest BCUT2D eigenvalue weighted by molar-refractivity contribution is 14.1. The molecular weight excluding hydrogens is 473 g/mol. The summed E-state index contributed by atoms with van der Waals surface area (Å²) in [6, 6.07) is 5.96. The predicted molar refractivity (Wildman–Crippen MR) is 114 cm³/mol. The van der Waals surface area contributed by atoms with E-state index < -0.39 is 11.7 Å². The van der Waals surface area contributed by atoms with Crippen LogP contribution in [0.5, 0.6) is 0 Å². The molecule has 0 N–H and O–H groups in total. The van der Waals surface area contributed by atoms with Gasteiger partial charge in [0, 0.05) is 7.11 Å². The average Bonchev–Trinajstić information content (AvgIpc) is 2.87. The molecule has 0 aromatic heterocycles. The molecule has 2 aliphatic rings. The molecule has 7 heteroatoms. The Bertz CT molecular complexity index is 811. The summed E-state index contributed by atoms with van der Waals surface area (Å²) in [4.78, 5) is 25.6. The third-order valence-corrected chi connectivity index (χ3v) is 6.98. The fourth-order valence-corrected chi connectivity index (χ4v) is 5.00. The smallest absolute Gasteiger partial charge is 0.434 e. The molecule has 0 unspecified atom stereocenters. The molecule has 1 aromatic rings. The van der Waals surface area contributed by atoms with Gasteiger partial charge in [-0.05, 0) is 57.6 Å². The third kappa shape index (κ3) is 3.66. The number of ether oxygens (including phenoxy) is 3. The Morgan fingerprint density at radius 1 is 1.29 bits per heavy atom. The molecule has 0 bridgehead atoms. The first-order chi connectivity index (χ1) is 13.3. The number of nitrogens with zero attached hydrogens (tertiary/aromatic N) is 1. The van der Waals surface area contributed by atoms with Crippen molar-refractivity contribution in [1.29, 1.82) is 0 Å². The summed E-state index contributed by atoms with van der Waals surface area (Å²) < 4.78 is 18.0. The molecule has 1 aromatic carbocycles. The van der Waals surface area contributed by atoms with Gasteiger partial charge < -0.3 is 14.2 Å². The number of amides is 1. The van der Waals surface area contributed by atoms with Gasteiger partial charge in [-0.3, -0.25) is 7.91 Å². The fourth-order valence-electron chi connectivity index (χ4n) is 4.06. The Balaban J connectivity index is 2.14. The highest BCUT2D eigenvalue weighted by Crippen LogP contribution is 2.51. The standard InChI is InChI=1S/C21H26INO5/c1-5-27-20(25)28-18-17(16-12-13(2)6-7-14(16)3)19(24)23(22)21(18)10-8-15(26-4)9-11-21/h6-7,12,15H,5,8-11H2,1-4H3. The van der Waals surface area contributed by atoms with E-state index in [1.165, 1.54) is 0 Å². The minimum absolute atomic E-state index is 0.135. The summed E-state index contributed by atoms with van der Waals surface area (Å²) in [7, 11) is 1.71. The minimum Gasteiger partial charge on any atom is -0.434 e. The molecule has 3 rings (SSSR count). The van der Waals surface area contributed by atoms with Crippen molar-refractivity contribution in [2.45, 2.75) is 58.1 Å². The number of rotatable bonds is 4. The molecule has 1 heterocycles. The Morgan fingerprint density at radius 2 is 1.96 bits per heavy atom. The highest BCUT2D eigenvalue weighted by Gasteiger charge is 2.55. The van der Waals surface area contributed by atoms with Gasteiger partial charge in [0.15, 0.2) is 5.76 Å². The maximum atomic E-state index is 13.3. The lowest BCUT2D eigenvalue weighted by atomic mass is 9.79. The minimum atomic E-state index is -0.770. The molecule has 28 heavy (non-hydrogen) atoms. The summed E-state index contributed by atoms with van der Waals surface area (Å²) in [6.45, 7) is 5.88. The Morgan fingerprint density at radius 3 is 2.57 bits per heavy atom. The van der Waals surface area contributed by atoms with E-state index in [0.717, 1.165) is 29.5 Å². The number of halogens is 1. The number of carbonyl (C=O) groups is 2. The van der Waals surface area contributed by atoms with Crippen LogP contribution in [0.2, 0.25) is 0 Å². The van der Waals surface area contributed by atoms with E-state index in [2.05, 4.69) is 22.9 Å². The number of hydrogen-bond donors (Lipinski definition) is 0. The van der Waals surface area contributed by atoms with E-state index in [9.17, 15) is 9.59 Å². The van der Waals surface area contributed by atoms with E-state index in [0.29, 0.717) is 24.2 Å². The summed E-state index contributed by atoms with van der Waals surface area (Å²) in [5.74, 6) is 0.276. The van der Waals surface area contributed by atoms with Crippen molar-refractivity contribution < 1.29 is 23.8 Å². The van der Waals surface area contributed by atoms with E-state index in [-0.39, 0.29) is 18.6 Å². The second-order valence-corrected chi connectivity index (χ2v) is 8.33. The van der Waals surface area contributed by atoms with Crippen LogP contribution in [0.3, 0.4) is 0 Å². The average molecular weight is 499 g/mol. The normalized spacial score (nSPS) is 24.8. The summed E-state index contributed by atoms with van der Waals surface area (Å²) in [6.07, 6.45) is 2.30. The zero-order valence-electron chi connectivity index (χ0n) is 16.7. The molecular formula is C21H26INO5. The van der Waals surface area contributed by atoms with Gasteiger partial charge in [-0.2, -0.15) is 0 Å². The molecule has 152 valence electrons. The van der Waals surface area contributed by atoms with Crippen molar-refractivity contribution in [3.8, 4) is 0 Å². The maximum Gasteiger partial charge on any atom is 0.513 e. The van der Waals surface area contributed by atoms with Crippen LogP contribution < -0.4 is 0 Å². The summed E-state index contributed by atoms with van der Waals surface area (Å²) in [5.41, 5.74) is 2.60. The number of carbonyl (C=O) groups excluding carboxylic acids is 2. The molecule has 1 spiro atoms. The Labute approximate surface area is 179 Å². The predicted octanol–water partition coefficient (Wildman–Crippen LogP) is 4.71. The van der Waals surface area contributed by atoms with Crippen molar-refractivity contribution in [3.05, 3.63) is 40.6 Å². The Hall–Kier alpha value is -1.61. The van der Waals surface area contributed by atoms with Crippen LogP contribution in [0, 0.1) is 13.8 Å². The SMILES string of the molecule is CCOC(=O)OC1=C(c2cc(C)ccc2C)C(=O)N(I)C12CCC(OC)CC2. The highest BCUT2D eigenvalue weighted by atomic mass is 127. The van der Waals surface area contributed by atoms with Crippen LogP contribution in [0.25, 0.3) is 5.57 Å². The van der Waals surface area contributed by atoms with Crippen LogP contribution >= 0.6 is 22.9 Å². The molecule has 1 fully saturated rings. The van der Waals surface area contributed by atoms with Gasteiger partial charge in [-0.1, -0.05) is 23.8 Å². The lowest BCUT2D eigenvalue weighted by molar-refractivity contribution is -0.122. The lowest BCUT2D eigenvalue weighted by Gasteiger charge is -2.41. The molecule has 1 amide bonds. The van der Waals surface area contributed by atoms with Crippen molar-refractivity contribution in [2.24, 2.45) is 0 Å². The summed E-state index contributed by atoms with van der Waals surface area (Å²) in [5, 5.41) is 0. The molecule has 0 radical (unpaired) electrons. The van der Waals surface area contributed by atoms with E-state index in [4.69, 9.17) is 14.2 Å². The lowest BCUT2D eigenvalue weighted by Crippen LogP contribution is -2.47. The van der Waals surface area contributed by atoms with Crippen molar-refractivity contribution >= 4 is 40.5 Å². The first kappa shape index (κ1) is 21.1. The second-order valence-electron chi connectivity index (χ2n) is 7.36. The van der Waals surface area contributed by atoms with E-state index in [1.807, 2.05) is 32.0 Å². The van der Waals surface area contributed by atoms with Gasteiger partial charge in [0.2, 0.25) is 0 Å². The number of benzene rings is 1. The first-order valence-electron chi connectivity index (χ1n) is 9.54. The quantitative estimate of drug-likeness (QED) is 0.341. The van der Waals surface area contributed by atoms with Crippen LogP contribution in [0.4, 0.5) is 4.79 Å². The number of methoxy groups -OCH3 is 1. The number of hydrogen-bond acceptors (Lipinski definition) is 5. The molecule has 0 atom stereocenters. The maximum absolute atomic E-state index is 13.3. The van der Waals surface area contributed by atoms with E-state index >= 15 is 0 Å². The van der Waals surface area contributed by atoms with Crippen molar-refractivity contribution in [3.63, 3.8) is 0 Å². The van der Waals surface area contributed by atoms with Gasteiger partial charge in [-0.25, -0.2) is 4.79 Å². The van der Waals surface area contributed by atoms with Crippen LogP contribution in [-0.4, -0.2) is 40.5 Å². The molecule has 1 aliphatic carbocycles. The van der Waals surface area contributed by atoms with Crippen LogP contribution in [-0.2, 0) is 19.0 Å². The van der Waals surface area contributed by atoms with Crippen LogP contribution in [0.15, 0.2) is 24.0 Å². The molecule has 1 aliphatic heterocycles. The Kier molecular flexibility index (Phi) is 6.34. The second kappa shape index (κ2) is 8.41. The van der Waals surface area contributed by atoms with Gasteiger partial charge >= 0.3 is 6.16 Å². The zero-order valence-corrected chi connectivity index (χ0v) is 18.9. The topological polar surface area (TPSA) is 65.1 Å². The van der Waals surface area contributed by atoms with Crippen LogP contribution in [0.1, 0.15) is 49.3 Å². The van der Waals surface area contributed by atoms with Gasteiger partial charge in [0.25, 0.3) is 5.91 Å². The molecule has 1 saturated carbocycles. The molecule has 6 nitrogen and oxygen atoms in total. The van der Waals surface area contributed by atoms with Gasteiger partial charge in [0.1, 0.15) is 5.54 Å². The van der Waals surface area contributed by atoms with Crippen molar-refractivity contribution in [1.82, 2.24) is 3.11 Å². The van der Waals surface area contributed by atoms with Gasteiger partial charge in [0.05, 0.1) is 41.1 Å². The first-order valence-corrected chi connectivity index (χ1v) is 10.5. The molecule has 0 saturated heterocycles. The van der Waals surface area contributed by atoms with E-state index in [1.54, 1.807) is 17.1 Å². The fraction of sp³-hybridized carbons (Fsp3) is 0.524. The zero-order chi connectivity index (χ0) is 20.5. The number of aryl methyl sites for hydroxylation is 2. The van der Waals surface area contributed by atoms with Gasteiger partial charge in [-0.15, -0.1) is 0 Å². The monoisotopic (exact) mass is 499 g/mol. The van der Waals surface area contributed by atoms with Crippen molar-refractivity contribution in [2.75, 3.05) is 13.7 Å². The third-order valence-electron chi connectivity index (χ3n) is 5.62. The largest absolute Gasteiger partial charge is 0.513 e. The summed E-state index contributed by atoms with van der Waals surface area (Å²) >= 11 is 2.06.